The van der Waals surface area contributed by atoms with Crippen molar-refractivity contribution in [3.63, 3.8) is 0 Å². The monoisotopic (exact) mass is 407 g/mol. The lowest BCUT2D eigenvalue weighted by molar-refractivity contribution is -0.137. The maximum absolute atomic E-state index is 13.2. The molecular weight excluding hydrogens is 366 g/mol. The van der Waals surface area contributed by atoms with Gasteiger partial charge in [-0.3, -0.25) is 4.79 Å². The van der Waals surface area contributed by atoms with Crippen molar-refractivity contribution in [2.75, 3.05) is 0 Å². The second kappa shape index (κ2) is 8.62. The van der Waals surface area contributed by atoms with E-state index in [9.17, 15) is 4.79 Å². The Hall–Kier alpha value is -0.916. The van der Waals surface area contributed by atoms with E-state index in [2.05, 4.69) is 97.0 Å². The van der Waals surface area contributed by atoms with Crippen molar-refractivity contribution < 1.29 is 9.22 Å². The van der Waals surface area contributed by atoms with Gasteiger partial charge in [-0.15, -0.1) is 0 Å². The van der Waals surface area contributed by atoms with Crippen LogP contribution in [0.2, 0.25) is 36.3 Å². The molecule has 1 aromatic carbocycles. The molecule has 0 spiro atoms. The molecule has 27 heavy (non-hydrogen) atoms. The molecule has 0 fully saturated rings. The summed E-state index contributed by atoms with van der Waals surface area (Å²) in [5, 5.41) is 0.179. The highest BCUT2D eigenvalue weighted by Crippen LogP contribution is 2.38. The Labute approximate surface area is 169 Å². The fourth-order valence-corrected chi connectivity index (χ4v) is 4.85. The van der Waals surface area contributed by atoms with Gasteiger partial charge < -0.3 is 9.41 Å². The van der Waals surface area contributed by atoms with Crippen LogP contribution in [-0.2, 0) is 15.6 Å². The first-order valence-corrected chi connectivity index (χ1v) is 16.0. The van der Waals surface area contributed by atoms with Crippen molar-refractivity contribution in [1.29, 1.82) is 0 Å². The summed E-state index contributed by atoms with van der Waals surface area (Å²) in [6.45, 7) is 22.2. The van der Waals surface area contributed by atoms with Gasteiger partial charge in [0.1, 0.15) is 8.24 Å². The molecule has 1 rings (SSSR count). The lowest BCUT2D eigenvalue weighted by Crippen LogP contribution is -2.60. The third-order valence-corrected chi connectivity index (χ3v) is 15.6. The standard InChI is InChI=1S/C22H41NO2Si2/c1-21(2,3)26(7,8)23-19(17-16-18-14-12-11-13-15-18)20(24)25-27(9,10)22(4,5)6/h11-15,19,23H,16-17H2,1-10H3. The predicted molar refractivity (Wildman–Crippen MR) is 122 cm³/mol. The van der Waals surface area contributed by atoms with Gasteiger partial charge in [-0.05, 0) is 41.6 Å². The molecule has 0 aliphatic carbocycles. The molecule has 1 aromatic rings. The average Bonchev–Trinajstić information content (AvgIpc) is 2.49. The third kappa shape index (κ3) is 6.88. The Morgan fingerprint density at radius 3 is 1.93 bits per heavy atom. The highest BCUT2D eigenvalue weighted by atomic mass is 28.4. The average molecular weight is 408 g/mol. The van der Waals surface area contributed by atoms with E-state index in [0.29, 0.717) is 0 Å². The van der Waals surface area contributed by atoms with E-state index in [0.717, 1.165) is 12.8 Å². The van der Waals surface area contributed by atoms with Crippen molar-refractivity contribution in [2.24, 2.45) is 0 Å². The molecule has 0 aliphatic rings. The summed E-state index contributed by atoms with van der Waals surface area (Å²) in [4.78, 5) is 17.0. The van der Waals surface area contributed by atoms with Crippen LogP contribution in [0.25, 0.3) is 0 Å². The summed E-state index contributed by atoms with van der Waals surface area (Å²) in [5.41, 5.74) is 1.26. The zero-order chi connectivity index (χ0) is 21.1. The smallest absolute Gasteiger partial charge is 0.309 e. The summed E-state index contributed by atoms with van der Waals surface area (Å²) < 4.78 is 6.17. The molecule has 0 aliphatic heterocycles. The number of benzene rings is 1. The Balaban J connectivity index is 3.00. The molecular formula is C22H41NO2Si2. The Kier molecular flexibility index (Phi) is 7.70. The third-order valence-electron chi connectivity index (χ3n) is 6.42. The molecule has 0 bridgehead atoms. The minimum absolute atomic E-state index is 0.0175. The van der Waals surface area contributed by atoms with Crippen molar-refractivity contribution in [1.82, 2.24) is 4.98 Å². The molecule has 1 atom stereocenters. The van der Waals surface area contributed by atoms with Crippen LogP contribution in [0.5, 0.6) is 0 Å². The van der Waals surface area contributed by atoms with Crippen LogP contribution in [0.3, 0.4) is 0 Å². The Bertz CT molecular complexity index is 613. The molecule has 0 aromatic heterocycles. The maximum atomic E-state index is 13.2. The first kappa shape index (κ1) is 24.1. The van der Waals surface area contributed by atoms with Crippen LogP contribution >= 0.6 is 0 Å². The van der Waals surface area contributed by atoms with Gasteiger partial charge in [0, 0.05) is 0 Å². The van der Waals surface area contributed by atoms with Gasteiger partial charge in [0.2, 0.25) is 0 Å². The maximum Gasteiger partial charge on any atom is 0.309 e. The van der Waals surface area contributed by atoms with E-state index in [-0.39, 0.29) is 22.1 Å². The lowest BCUT2D eigenvalue weighted by Gasteiger charge is -2.41. The number of hydrogen-bond acceptors (Lipinski definition) is 3. The number of nitrogens with one attached hydrogen (secondary N) is 1. The molecule has 3 nitrogen and oxygen atoms in total. The van der Waals surface area contributed by atoms with E-state index >= 15 is 0 Å². The quantitative estimate of drug-likeness (QED) is 0.552. The van der Waals surface area contributed by atoms with E-state index in [1.165, 1.54) is 5.56 Å². The number of rotatable bonds is 7. The number of carbonyl (C=O) groups excluding carboxylic acids is 1. The van der Waals surface area contributed by atoms with Gasteiger partial charge in [0.25, 0.3) is 8.32 Å². The van der Waals surface area contributed by atoms with Crippen LogP contribution in [-0.4, -0.2) is 28.6 Å². The lowest BCUT2D eigenvalue weighted by atomic mass is 10.1. The number of hydrogen-bond donors (Lipinski definition) is 1. The minimum Gasteiger partial charge on any atom is -0.518 e. The predicted octanol–water partition coefficient (Wildman–Crippen LogP) is 6.13. The second-order valence-corrected chi connectivity index (χ2v) is 20.5. The largest absolute Gasteiger partial charge is 0.518 e. The van der Waals surface area contributed by atoms with Crippen molar-refractivity contribution in [3.05, 3.63) is 35.9 Å². The SMILES string of the molecule is CC(C)(C)[Si](C)(C)NC(CCc1ccccc1)C(=O)O[Si](C)(C)C(C)(C)C. The first-order valence-electron chi connectivity index (χ1n) is 10.1. The highest BCUT2D eigenvalue weighted by Gasteiger charge is 2.43. The summed E-state index contributed by atoms with van der Waals surface area (Å²) in [6, 6.07) is 10.1. The minimum atomic E-state index is -2.13. The Morgan fingerprint density at radius 2 is 1.48 bits per heavy atom. The van der Waals surface area contributed by atoms with Gasteiger partial charge >= 0.3 is 5.97 Å². The van der Waals surface area contributed by atoms with E-state index in [1.54, 1.807) is 0 Å². The molecule has 0 amide bonds. The van der Waals surface area contributed by atoms with Gasteiger partial charge in [-0.25, -0.2) is 0 Å². The first-order chi connectivity index (χ1) is 12.1. The number of aryl methyl sites for hydroxylation is 1. The summed E-state index contributed by atoms with van der Waals surface area (Å²) >= 11 is 0. The van der Waals surface area contributed by atoms with Crippen molar-refractivity contribution in [3.8, 4) is 0 Å². The van der Waals surface area contributed by atoms with Gasteiger partial charge in [-0.1, -0.05) is 85.0 Å². The van der Waals surface area contributed by atoms with Crippen LogP contribution in [0.15, 0.2) is 30.3 Å². The van der Waals surface area contributed by atoms with E-state index < -0.39 is 16.6 Å². The van der Waals surface area contributed by atoms with Gasteiger partial charge in [-0.2, -0.15) is 0 Å². The van der Waals surface area contributed by atoms with Crippen LogP contribution in [0.1, 0.15) is 53.5 Å². The molecule has 1 unspecified atom stereocenters. The molecule has 154 valence electrons. The van der Waals surface area contributed by atoms with E-state index in [4.69, 9.17) is 4.43 Å². The molecule has 5 heteroatoms. The van der Waals surface area contributed by atoms with Crippen molar-refractivity contribution in [2.45, 2.75) is 96.7 Å². The van der Waals surface area contributed by atoms with E-state index in [1.807, 2.05) is 6.07 Å². The zero-order valence-electron chi connectivity index (χ0n) is 19.2. The highest BCUT2D eigenvalue weighted by molar-refractivity contribution is 6.78. The molecule has 0 saturated heterocycles. The van der Waals surface area contributed by atoms with Gasteiger partial charge in [0.15, 0.2) is 0 Å². The molecule has 0 saturated carbocycles. The molecule has 0 radical (unpaired) electrons. The number of carbonyl (C=O) groups is 1. The normalized spacial score (nSPS) is 14.7. The Morgan fingerprint density at radius 1 is 0.963 bits per heavy atom. The summed E-state index contributed by atoms with van der Waals surface area (Å²) in [6.07, 6.45) is 1.64. The molecule has 1 N–H and O–H groups in total. The summed E-state index contributed by atoms with van der Waals surface area (Å²) in [5.74, 6) is -0.0673. The van der Waals surface area contributed by atoms with Crippen LogP contribution in [0.4, 0.5) is 0 Å². The van der Waals surface area contributed by atoms with Crippen molar-refractivity contribution >= 4 is 22.5 Å². The fraction of sp³-hybridized carbons (Fsp3) is 0.682. The topological polar surface area (TPSA) is 38.3 Å². The van der Waals surface area contributed by atoms with Crippen LogP contribution < -0.4 is 4.98 Å². The molecule has 0 heterocycles. The van der Waals surface area contributed by atoms with Crippen LogP contribution in [0, 0.1) is 0 Å². The zero-order valence-corrected chi connectivity index (χ0v) is 21.2. The van der Waals surface area contributed by atoms with Gasteiger partial charge in [0.05, 0.1) is 6.04 Å². The second-order valence-electron chi connectivity index (χ2n) is 10.8. The fourth-order valence-electron chi connectivity index (χ4n) is 2.33. The summed E-state index contributed by atoms with van der Waals surface area (Å²) in [7, 11) is -3.96.